The standard InChI is InChI=1S/C17H28O3/c1-6-20-14(18)16(4)11-13-12(10-17(16,5)19)8-7-9-15(13,2)3/h8,13,19H,6-7,9-11H2,1-5H3/t13-,16-,17-/m0/s1. The smallest absolute Gasteiger partial charge is 0.314 e. The maximum atomic E-state index is 12.4. The minimum absolute atomic E-state index is 0.189. The zero-order chi connectivity index (χ0) is 15.2. The van der Waals surface area contributed by atoms with E-state index >= 15 is 0 Å². The number of carbonyl (C=O) groups excluding carboxylic acids is 1. The van der Waals surface area contributed by atoms with E-state index in [4.69, 9.17) is 4.74 Å². The van der Waals surface area contributed by atoms with Gasteiger partial charge in [0.1, 0.15) is 0 Å². The van der Waals surface area contributed by atoms with Crippen LogP contribution in [0.15, 0.2) is 11.6 Å². The highest BCUT2D eigenvalue weighted by Gasteiger charge is 2.57. The molecule has 1 fully saturated rings. The Morgan fingerprint density at radius 1 is 1.40 bits per heavy atom. The summed E-state index contributed by atoms with van der Waals surface area (Å²) in [6.45, 7) is 10.4. The molecule has 0 aromatic heterocycles. The fourth-order valence-electron chi connectivity index (χ4n) is 3.86. The molecule has 0 aromatic carbocycles. The van der Waals surface area contributed by atoms with Crippen molar-refractivity contribution in [1.82, 2.24) is 0 Å². The average molecular weight is 280 g/mol. The summed E-state index contributed by atoms with van der Waals surface area (Å²) in [6.07, 6.45) is 5.75. The third-order valence-electron chi connectivity index (χ3n) is 5.66. The predicted molar refractivity (Wildman–Crippen MR) is 79.2 cm³/mol. The van der Waals surface area contributed by atoms with Crippen molar-refractivity contribution in [3.63, 3.8) is 0 Å². The molecule has 3 heteroatoms. The first-order valence-corrected chi connectivity index (χ1v) is 7.72. The minimum Gasteiger partial charge on any atom is -0.465 e. The van der Waals surface area contributed by atoms with Crippen LogP contribution in [0.1, 0.15) is 60.3 Å². The molecule has 2 aliphatic rings. The van der Waals surface area contributed by atoms with Gasteiger partial charge in [-0.25, -0.2) is 0 Å². The van der Waals surface area contributed by atoms with Crippen LogP contribution in [0.2, 0.25) is 0 Å². The van der Waals surface area contributed by atoms with E-state index in [2.05, 4.69) is 19.9 Å². The minimum atomic E-state index is -1.03. The zero-order valence-corrected chi connectivity index (χ0v) is 13.5. The van der Waals surface area contributed by atoms with E-state index in [1.165, 1.54) is 5.57 Å². The second-order valence-corrected chi connectivity index (χ2v) is 7.57. The quantitative estimate of drug-likeness (QED) is 0.622. The third-order valence-corrected chi connectivity index (χ3v) is 5.66. The van der Waals surface area contributed by atoms with Gasteiger partial charge in [0, 0.05) is 0 Å². The summed E-state index contributed by atoms with van der Waals surface area (Å²) in [6, 6.07) is 0. The Bertz CT molecular complexity index is 434. The van der Waals surface area contributed by atoms with E-state index in [1.54, 1.807) is 6.92 Å². The van der Waals surface area contributed by atoms with Crippen LogP contribution in [0, 0.1) is 16.7 Å². The van der Waals surface area contributed by atoms with Gasteiger partial charge in [-0.05, 0) is 57.8 Å². The Labute approximate surface area is 122 Å². The van der Waals surface area contributed by atoms with Crippen molar-refractivity contribution in [2.45, 2.75) is 65.9 Å². The maximum Gasteiger partial charge on any atom is 0.314 e. The van der Waals surface area contributed by atoms with Gasteiger partial charge >= 0.3 is 5.97 Å². The van der Waals surface area contributed by atoms with Crippen LogP contribution in [0.5, 0.6) is 0 Å². The topological polar surface area (TPSA) is 46.5 Å². The molecule has 0 bridgehead atoms. The second-order valence-electron chi connectivity index (χ2n) is 7.57. The van der Waals surface area contributed by atoms with E-state index in [0.29, 0.717) is 25.4 Å². The number of rotatable bonds is 2. The van der Waals surface area contributed by atoms with E-state index in [9.17, 15) is 9.90 Å². The Balaban J connectivity index is 2.37. The molecule has 114 valence electrons. The van der Waals surface area contributed by atoms with Crippen LogP contribution < -0.4 is 0 Å². The first-order valence-electron chi connectivity index (χ1n) is 7.72. The van der Waals surface area contributed by atoms with E-state index in [1.807, 2.05) is 13.8 Å². The van der Waals surface area contributed by atoms with Crippen molar-refractivity contribution < 1.29 is 14.6 Å². The summed E-state index contributed by atoms with van der Waals surface area (Å²) >= 11 is 0. The molecule has 2 aliphatic carbocycles. The number of hydrogen-bond donors (Lipinski definition) is 1. The first kappa shape index (κ1) is 15.6. The Morgan fingerprint density at radius 3 is 2.65 bits per heavy atom. The fourth-order valence-corrected chi connectivity index (χ4v) is 3.86. The van der Waals surface area contributed by atoms with Gasteiger partial charge in [0.2, 0.25) is 0 Å². The van der Waals surface area contributed by atoms with Gasteiger partial charge in [-0.3, -0.25) is 4.79 Å². The monoisotopic (exact) mass is 280 g/mol. The highest BCUT2D eigenvalue weighted by Crippen LogP contribution is 2.56. The number of aliphatic hydroxyl groups is 1. The van der Waals surface area contributed by atoms with E-state index < -0.39 is 11.0 Å². The van der Waals surface area contributed by atoms with Crippen molar-refractivity contribution in [2.24, 2.45) is 16.7 Å². The van der Waals surface area contributed by atoms with E-state index in [0.717, 1.165) is 12.8 Å². The van der Waals surface area contributed by atoms with Crippen LogP contribution in [-0.4, -0.2) is 23.3 Å². The maximum absolute atomic E-state index is 12.4. The molecule has 1 saturated carbocycles. The Kier molecular flexibility index (Phi) is 3.79. The summed E-state index contributed by atoms with van der Waals surface area (Å²) in [5.74, 6) is 0.108. The van der Waals surface area contributed by atoms with Crippen molar-refractivity contribution in [3.05, 3.63) is 11.6 Å². The van der Waals surface area contributed by atoms with Gasteiger partial charge < -0.3 is 9.84 Å². The van der Waals surface area contributed by atoms with Gasteiger partial charge in [0.15, 0.2) is 0 Å². The molecule has 20 heavy (non-hydrogen) atoms. The molecule has 1 N–H and O–H groups in total. The Morgan fingerprint density at radius 2 is 2.05 bits per heavy atom. The summed E-state index contributed by atoms with van der Waals surface area (Å²) < 4.78 is 5.25. The fraction of sp³-hybridized carbons (Fsp3) is 0.824. The average Bonchev–Trinajstić information content (AvgIpc) is 2.31. The molecule has 3 atom stereocenters. The molecular weight excluding hydrogens is 252 g/mol. The van der Waals surface area contributed by atoms with Crippen molar-refractivity contribution in [3.8, 4) is 0 Å². The predicted octanol–water partition coefficient (Wildman–Crippen LogP) is 3.46. The third kappa shape index (κ3) is 2.30. The van der Waals surface area contributed by atoms with Gasteiger partial charge in [-0.2, -0.15) is 0 Å². The van der Waals surface area contributed by atoms with Crippen molar-refractivity contribution in [1.29, 1.82) is 0 Å². The van der Waals surface area contributed by atoms with Crippen LogP contribution in [0.25, 0.3) is 0 Å². The lowest BCUT2D eigenvalue weighted by Crippen LogP contribution is -2.56. The lowest BCUT2D eigenvalue weighted by Gasteiger charge is -2.53. The number of hydrogen-bond acceptors (Lipinski definition) is 3. The molecule has 0 spiro atoms. The molecule has 3 nitrogen and oxygen atoms in total. The molecule has 0 radical (unpaired) electrons. The van der Waals surface area contributed by atoms with Crippen LogP contribution >= 0.6 is 0 Å². The van der Waals surface area contributed by atoms with Crippen LogP contribution in [0.4, 0.5) is 0 Å². The SMILES string of the molecule is CCOC(=O)[C@]1(C)C[C@H]2C(=CCCC2(C)C)C[C@]1(C)O. The van der Waals surface area contributed by atoms with Gasteiger partial charge in [-0.1, -0.05) is 25.5 Å². The highest BCUT2D eigenvalue weighted by molar-refractivity contribution is 5.78. The molecule has 0 aromatic rings. The summed E-state index contributed by atoms with van der Waals surface area (Å²) in [7, 11) is 0. The Hall–Kier alpha value is -0.830. The number of ether oxygens (including phenoxy) is 1. The lowest BCUT2D eigenvalue weighted by atomic mass is 9.53. The zero-order valence-electron chi connectivity index (χ0n) is 13.5. The number of fused-ring (bicyclic) bond motifs is 1. The molecule has 0 amide bonds. The molecule has 0 saturated heterocycles. The number of carbonyl (C=O) groups is 1. The molecule has 2 rings (SSSR count). The molecule has 0 unspecified atom stereocenters. The highest BCUT2D eigenvalue weighted by atomic mass is 16.5. The normalized spacial score (nSPS) is 39.7. The van der Waals surface area contributed by atoms with Crippen LogP contribution in [-0.2, 0) is 9.53 Å². The van der Waals surface area contributed by atoms with Gasteiger partial charge in [0.25, 0.3) is 0 Å². The molecule has 0 heterocycles. The van der Waals surface area contributed by atoms with Gasteiger partial charge in [0.05, 0.1) is 17.6 Å². The number of esters is 1. The van der Waals surface area contributed by atoms with Gasteiger partial charge in [-0.15, -0.1) is 0 Å². The largest absolute Gasteiger partial charge is 0.465 e. The lowest BCUT2D eigenvalue weighted by molar-refractivity contribution is -0.179. The van der Waals surface area contributed by atoms with E-state index in [-0.39, 0.29) is 11.4 Å². The first-order chi connectivity index (χ1) is 9.14. The van der Waals surface area contributed by atoms with Crippen LogP contribution in [0.3, 0.4) is 0 Å². The summed E-state index contributed by atoms with van der Waals surface area (Å²) in [5.41, 5.74) is -0.337. The summed E-state index contributed by atoms with van der Waals surface area (Å²) in [5, 5.41) is 10.9. The van der Waals surface area contributed by atoms with Crippen molar-refractivity contribution >= 4 is 5.97 Å². The molecular formula is C17H28O3. The molecule has 0 aliphatic heterocycles. The second kappa shape index (κ2) is 4.87. The van der Waals surface area contributed by atoms with Crippen molar-refractivity contribution in [2.75, 3.05) is 6.61 Å². The number of allylic oxidation sites excluding steroid dienone is 1. The summed E-state index contributed by atoms with van der Waals surface area (Å²) in [4.78, 5) is 12.4.